The van der Waals surface area contributed by atoms with Crippen LogP contribution in [0.3, 0.4) is 0 Å². The van der Waals surface area contributed by atoms with E-state index in [1.165, 1.54) is 10.9 Å². The molecule has 0 fully saturated rings. The molecule has 43 heavy (non-hydrogen) atoms. The van der Waals surface area contributed by atoms with Crippen LogP contribution in [0.4, 0.5) is 17.1 Å². The number of aromatic nitrogens is 1. The minimum absolute atomic E-state index is 0.790. The van der Waals surface area contributed by atoms with Crippen LogP contribution in [0.25, 0.3) is 65.8 Å². The van der Waals surface area contributed by atoms with Gasteiger partial charge in [-0.05, 0) is 58.3 Å². The van der Waals surface area contributed by atoms with Crippen molar-refractivity contribution in [2.24, 2.45) is 0 Å². The first-order valence-electron chi connectivity index (χ1n) is 14.4. The number of hydrogen-bond acceptors (Lipinski definition) is 4. The number of benzene rings is 6. The molecule has 0 aliphatic carbocycles. The minimum Gasteiger partial charge on any atom is -0.456 e. The lowest BCUT2D eigenvalue weighted by Crippen LogP contribution is -2.10. The summed E-state index contributed by atoms with van der Waals surface area (Å²) in [5.41, 5.74) is 8.49. The Balaban J connectivity index is 1.29. The second kappa shape index (κ2) is 9.33. The first-order valence-corrected chi connectivity index (χ1v) is 14.4. The molecule has 3 heterocycles. The van der Waals surface area contributed by atoms with Gasteiger partial charge in [-0.2, -0.15) is 0 Å². The maximum Gasteiger partial charge on any atom is 0.162 e. The number of furan rings is 2. The van der Waals surface area contributed by atoms with Crippen molar-refractivity contribution in [2.45, 2.75) is 0 Å². The predicted octanol–water partition coefficient (Wildman–Crippen LogP) is 11.2. The zero-order valence-corrected chi connectivity index (χ0v) is 23.1. The van der Waals surface area contributed by atoms with Crippen LogP contribution in [0.15, 0.2) is 155 Å². The quantitative estimate of drug-likeness (QED) is 0.218. The number of para-hydroxylation sites is 1. The van der Waals surface area contributed by atoms with Gasteiger partial charge in [0.05, 0.1) is 11.9 Å². The largest absolute Gasteiger partial charge is 0.456 e. The highest BCUT2D eigenvalue weighted by atomic mass is 16.3. The predicted molar refractivity (Wildman–Crippen MR) is 176 cm³/mol. The van der Waals surface area contributed by atoms with Gasteiger partial charge in [-0.1, -0.05) is 91.0 Å². The fraction of sp³-hybridized carbons (Fsp3) is 0. The van der Waals surface area contributed by atoms with Gasteiger partial charge in [0.25, 0.3) is 0 Å². The average Bonchev–Trinajstić information content (AvgIpc) is 3.64. The molecule has 0 atom stereocenters. The lowest BCUT2D eigenvalue weighted by atomic mass is 10.0. The van der Waals surface area contributed by atoms with Gasteiger partial charge in [-0.15, -0.1) is 0 Å². The van der Waals surface area contributed by atoms with Gasteiger partial charge < -0.3 is 13.7 Å². The Bertz CT molecular complexity index is 2450. The van der Waals surface area contributed by atoms with Crippen LogP contribution in [0, 0.1) is 0 Å². The zero-order chi connectivity index (χ0) is 28.3. The summed E-state index contributed by atoms with van der Waals surface area (Å²) in [5.74, 6) is 0. The molecule has 0 aliphatic heterocycles. The molecule has 0 N–H and O–H groups in total. The highest BCUT2D eigenvalue weighted by Crippen LogP contribution is 2.44. The molecular weight excluding hydrogens is 528 g/mol. The van der Waals surface area contributed by atoms with E-state index in [2.05, 4.69) is 114 Å². The molecule has 4 nitrogen and oxygen atoms in total. The van der Waals surface area contributed by atoms with E-state index in [-0.39, 0.29) is 0 Å². The van der Waals surface area contributed by atoms with Gasteiger partial charge in [0.1, 0.15) is 22.4 Å². The topological polar surface area (TPSA) is 42.4 Å². The molecular formula is C39H24N2O2. The summed E-state index contributed by atoms with van der Waals surface area (Å²) in [4.78, 5) is 6.96. The monoisotopic (exact) mass is 552 g/mol. The Kier molecular flexibility index (Phi) is 5.16. The molecule has 0 bridgehead atoms. The van der Waals surface area contributed by atoms with Gasteiger partial charge in [-0.3, -0.25) is 4.98 Å². The molecule has 3 aromatic heterocycles. The van der Waals surface area contributed by atoms with Gasteiger partial charge in [0, 0.05) is 39.5 Å². The van der Waals surface area contributed by atoms with E-state index in [4.69, 9.17) is 13.8 Å². The smallest absolute Gasteiger partial charge is 0.162 e. The summed E-state index contributed by atoms with van der Waals surface area (Å²) >= 11 is 0. The van der Waals surface area contributed by atoms with Crippen molar-refractivity contribution in [3.05, 3.63) is 146 Å². The van der Waals surface area contributed by atoms with Gasteiger partial charge >= 0.3 is 0 Å². The number of rotatable bonds is 4. The Morgan fingerprint density at radius 3 is 2.07 bits per heavy atom. The maximum absolute atomic E-state index is 6.64. The van der Waals surface area contributed by atoms with E-state index < -0.39 is 0 Å². The first-order chi connectivity index (χ1) is 21.3. The zero-order valence-electron chi connectivity index (χ0n) is 23.1. The van der Waals surface area contributed by atoms with Crippen molar-refractivity contribution < 1.29 is 8.83 Å². The molecule has 9 rings (SSSR count). The molecule has 0 aliphatic rings. The minimum atomic E-state index is 0.790. The second-order valence-corrected chi connectivity index (χ2v) is 10.8. The van der Waals surface area contributed by atoms with E-state index in [0.717, 1.165) is 71.9 Å². The third kappa shape index (κ3) is 3.74. The Hall–Kier alpha value is -5.87. The summed E-state index contributed by atoms with van der Waals surface area (Å²) in [6.07, 6.45) is 3.80. The maximum atomic E-state index is 6.64. The lowest BCUT2D eigenvalue weighted by molar-refractivity contribution is 0.667. The molecule has 0 amide bonds. The van der Waals surface area contributed by atoms with Crippen molar-refractivity contribution in [2.75, 3.05) is 4.90 Å². The summed E-state index contributed by atoms with van der Waals surface area (Å²) in [6.45, 7) is 0. The van der Waals surface area contributed by atoms with E-state index in [1.807, 2.05) is 36.7 Å². The molecule has 4 heteroatoms. The number of anilines is 3. The Morgan fingerprint density at radius 2 is 1.19 bits per heavy atom. The number of nitrogens with zero attached hydrogens (tertiary/aromatic N) is 2. The number of hydrogen-bond donors (Lipinski definition) is 0. The van der Waals surface area contributed by atoms with E-state index in [9.17, 15) is 0 Å². The molecule has 0 spiro atoms. The third-order valence-corrected chi connectivity index (χ3v) is 8.34. The van der Waals surface area contributed by atoms with Crippen molar-refractivity contribution >= 4 is 71.7 Å². The second-order valence-electron chi connectivity index (χ2n) is 10.8. The third-order valence-electron chi connectivity index (χ3n) is 8.34. The number of fused-ring (bicyclic) bond motifs is 8. The van der Waals surface area contributed by atoms with Gasteiger partial charge in [0.15, 0.2) is 5.58 Å². The van der Waals surface area contributed by atoms with Crippen molar-refractivity contribution in [1.29, 1.82) is 0 Å². The van der Waals surface area contributed by atoms with Crippen LogP contribution < -0.4 is 4.90 Å². The standard InChI is InChI=1S/C39H24N2O2/c1-2-8-25(9-3-1)26-14-17-28(18-15-26)41(29-19-20-32-31-12-6-7-13-35(31)42-37(32)22-29)34-24-40-23-33-38-30-11-5-4-10-27(30)16-21-36(38)43-39(33)34/h1-24H. The summed E-state index contributed by atoms with van der Waals surface area (Å²) in [6, 6.07) is 46.2. The van der Waals surface area contributed by atoms with Gasteiger partial charge in [0.2, 0.25) is 0 Å². The van der Waals surface area contributed by atoms with Crippen LogP contribution in [0.2, 0.25) is 0 Å². The van der Waals surface area contributed by atoms with Gasteiger partial charge in [-0.25, -0.2) is 0 Å². The van der Waals surface area contributed by atoms with Crippen molar-refractivity contribution in [3.63, 3.8) is 0 Å². The van der Waals surface area contributed by atoms with Crippen molar-refractivity contribution in [3.8, 4) is 11.1 Å². The SMILES string of the molecule is c1ccc(-c2ccc(N(c3ccc4c(c3)oc3ccccc34)c3cncc4c3oc3ccc5ccccc5c34)cc2)cc1. The Morgan fingerprint density at radius 1 is 0.465 bits per heavy atom. The van der Waals surface area contributed by atoms with E-state index in [1.54, 1.807) is 0 Å². The van der Waals surface area contributed by atoms with E-state index in [0.29, 0.717) is 0 Å². The molecule has 0 unspecified atom stereocenters. The van der Waals surface area contributed by atoms with Crippen LogP contribution in [0.5, 0.6) is 0 Å². The molecule has 9 aromatic rings. The average molecular weight is 553 g/mol. The lowest BCUT2D eigenvalue weighted by Gasteiger charge is -2.25. The highest BCUT2D eigenvalue weighted by Gasteiger charge is 2.22. The molecule has 202 valence electrons. The molecule has 0 radical (unpaired) electrons. The fourth-order valence-corrected chi connectivity index (χ4v) is 6.32. The van der Waals surface area contributed by atoms with E-state index >= 15 is 0 Å². The molecule has 6 aromatic carbocycles. The normalized spacial score (nSPS) is 11.7. The van der Waals surface area contributed by atoms with Crippen LogP contribution in [0.1, 0.15) is 0 Å². The Labute approximate surface area is 247 Å². The van der Waals surface area contributed by atoms with Crippen LogP contribution >= 0.6 is 0 Å². The van der Waals surface area contributed by atoms with Crippen LogP contribution in [-0.2, 0) is 0 Å². The number of pyridine rings is 1. The summed E-state index contributed by atoms with van der Waals surface area (Å²) < 4.78 is 12.9. The molecule has 0 saturated heterocycles. The summed E-state index contributed by atoms with van der Waals surface area (Å²) in [5, 5.41) is 6.59. The first kappa shape index (κ1) is 23.8. The highest BCUT2D eigenvalue weighted by molar-refractivity contribution is 6.20. The fourth-order valence-electron chi connectivity index (χ4n) is 6.32. The summed E-state index contributed by atoms with van der Waals surface area (Å²) in [7, 11) is 0. The van der Waals surface area contributed by atoms with Crippen molar-refractivity contribution in [1.82, 2.24) is 4.98 Å². The molecule has 0 saturated carbocycles. The van der Waals surface area contributed by atoms with Crippen LogP contribution in [-0.4, -0.2) is 4.98 Å².